The molecule has 144 valence electrons. The predicted molar refractivity (Wildman–Crippen MR) is 111 cm³/mol. The van der Waals surface area contributed by atoms with Crippen LogP contribution in [0.2, 0.25) is 5.02 Å². The Kier molecular flexibility index (Phi) is 4.63. The molecule has 0 atom stereocenters. The van der Waals surface area contributed by atoms with Crippen molar-refractivity contribution in [2.45, 2.75) is 33.5 Å². The summed E-state index contributed by atoms with van der Waals surface area (Å²) in [5, 5.41) is 10.2. The highest BCUT2D eigenvalue weighted by Gasteiger charge is 2.23. The number of benzene rings is 2. The van der Waals surface area contributed by atoms with Crippen LogP contribution in [0.25, 0.3) is 10.9 Å². The van der Waals surface area contributed by atoms with Crippen LogP contribution in [-0.4, -0.2) is 15.6 Å². The number of pyridine rings is 1. The van der Waals surface area contributed by atoms with Crippen molar-refractivity contribution in [1.82, 2.24) is 4.57 Å². The van der Waals surface area contributed by atoms with Crippen LogP contribution >= 0.6 is 11.6 Å². The van der Waals surface area contributed by atoms with E-state index >= 15 is 0 Å². The molecule has 1 N–H and O–H groups in total. The monoisotopic (exact) mass is 396 g/mol. The van der Waals surface area contributed by atoms with Gasteiger partial charge in [-0.2, -0.15) is 0 Å². The van der Waals surface area contributed by atoms with Crippen molar-refractivity contribution in [2.24, 2.45) is 5.92 Å². The SMILES string of the molecule is CC(C)Cn1cc(C(=O)O)c(=O)c2cc(Cl)c(N3Cc4ccccc4C3)cc21. The van der Waals surface area contributed by atoms with Gasteiger partial charge in [0.25, 0.3) is 0 Å². The van der Waals surface area contributed by atoms with Crippen LogP contribution in [-0.2, 0) is 19.6 Å². The Balaban J connectivity index is 1.89. The van der Waals surface area contributed by atoms with Crippen LogP contribution < -0.4 is 10.3 Å². The van der Waals surface area contributed by atoms with Gasteiger partial charge in [-0.25, -0.2) is 4.79 Å². The fraction of sp³-hybridized carbons (Fsp3) is 0.273. The smallest absolute Gasteiger partial charge is 0.341 e. The summed E-state index contributed by atoms with van der Waals surface area (Å²) in [6.45, 7) is 6.22. The molecule has 2 heterocycles. The summed E-state index contributed by atoms with van der Waals surface area (Å²) in [5.41, 5.74) is 3.36. The van der Waals surface area contributed by atoms with Gasteiger partial charge in [-0.15, -0.1) is 0 Å². The van der Waals surface area contributed by atoms with Crippen LogP contribution in [0.1, 0.15) is 35.3 Å². The van der Waals surface area contributed by atoms with E-state index in [0.29, 0.717) is 28.4 Å². The van der Waals surface area contributed by atoms with E-state index in [2.05, 4.69) is 30.9 Å². The summed E-state index contributed by atoms with van der Waals surface area (Å²) in [4.78, 5) is 26.4. The predicted octanol–water partition coefficient (Wildman–Crippen LogP) is 4.53. The van der Waals surface area contributed by atoms with Crippen LogP contribution in [0.3, 0.4) is 0 Å². The quantitative estimate of drug-likeness (QED) is 0.703. The number of carboxylic acid groups (broad SMARTS) is 1. The van der Waals surface area contributed by atoms with Crippen molar-refractivity contribution in [1.29, 1.82) is 0 Å². The van der Waals surface area contributed by atoms with Crippen molar-refractivity contribution in [3.63, 3.8) is 0 Å². The Bertz CT molecular complexity index is 1130. The lowest BCUT2D eigenvalue weighted by atomic mass is 10.1. The van der Waals surface area contributed by atoms with Crippen molar-refractivity contribution in [3.05, 3.63) is 74.5 Å². The number of anilines is 1. The zero-order chi connectivity index (χ0) is 20.0. The summed E-state index contributed by atoms with van der Waals surface area (Å²) in [6.07, 6.45) is 1.45. The third kappa shape index (κ3) is 3.16. The highest BCUT2D eigenvalue weighted by molar-refractivity contribution is 6.34. The number of rotatable bonds is 4. The molecule has 0 saturated heterocycles. The lowest BCUT2D eigenvalue weighted by Gasteiger charge is -2.22. The van der Waals surface area contributed by atoms with Crippen molar-refractivity contribution in [2.75, 3.05) is 4.90 Å². The second kappa shape index (κ2) is 6.99. The van der Waals surface area contributed by atoms with E-state index in [1.165, 1.54) is 17.3 Å². The van der Waals surface area contributed by atoms with E-state index in [1.54, 1.807) is 6.07 Å². The van der Waals surface area contributed by atoms with Gasteiger partial charge < -0.3 is 14.6 Å². The number of hydrogen-bond acceptors (Lipinski definition) is 3. The topological polar surface area (TPSA) is 62.5 Å². The van der Waals surface area contributed by atoms with E-state index in [1.807, 2.05) is 22.8 Å². The number of carboxylic acids is 1. The molecule has 6 heteroatoms. The largest absolute Gasteiger partial charge is 0.477 e. The van der Waals surface area contributed by atoms with Crippen LogP contribution in [0.5, 0.6) is 0 Å². The molecule has 28 heavy (non-hydrogen) atoms. The molecular formula is C22H21ClN2O3. The minimum Gasteiger partial charge on any atom is -0.477 e. The van der Waals surface area contributed by atoms with Gasteiger partial charge in [0, 0.05) is 31.2 Å². The Morgan fingerprint density at radius 2 is 1.82 bits per heavy atom. The van der Waals surface area contributed by atoms with Gasteiger partial charge in [0.1, 0.15) is 5.56 Å². The van der Waals surface area contributed by atoms with E-state index in [4.69, 9.17) is 11.6 Å². The molecule has 0 amide bonds. The molecule has 1 aliphatic heterocycles. The molecule has 0 bridgehead atoms. The molecule has 5 nitrogen and oxygen atoms in total. The Labute approximate surface area is 167 Å². The number of aromatic carboxylic acids is 1. The molecular weight excluding hydrogens is 376 g/mol. The highest BCUT2D eigenvalue weighted by Crippen LogP contribution is 2.35. The van der Waals surface area contributed by atoms with E-state index in [-0.39, 0.29) is 5.56 Å². The number of hydrogen-bond donors (Lipinski definition) is 1. The van der Waals surface area contributed by atoms with Gasteiger partial charge in [-0.05, 0) is 29.2 Å². The third-order valence-corrected chi connectivity index (χ3v) is 5.43. The first-order valence-corrected chi connectivity index (χ1v) is 9.64. The standard InChI is InChI=1S/C22H21ClN2O3/c1-13(2)9-24-12-17(22(27)28)21(26)16-7-18(23)20(8-19(16)24)25-10-14-5-3-4-6-15(14)11-25/h3-8,12-13H,9-11H2,1-2H3,(H,27,28). The summed E-state index contributed by atoms with van der Waals surface area (Å²) in [7, 11) is 0. The Morgan fingerprint density at radius 3 is 2.39 bits per heavy atom. The normalized spacial score (nSPS) is 13.4. The maximum Gasteiger partial charge on any atom is 0.341 e. The lowest BCUT2D eigenvalue weighted by molar-refractivity contribution is 0.0694. The molecule has 4 rings (SSSR count). The lowest BCUT2D eigenvalue weighted by Crippen LogP contribution is -2.21. The van der Waals surface area contributed by atoms with Gasteiger partial charge in [-0.1, -0.05) is 49.7 Å². The number of carbonyl (C=O) groups is 1. The number of aromatic nitrogens is 1. The molecule has 3 aromatic rings. The molecule has 0 radical (unpaired) electrons. The van der Waals surface area contributed by atoms with Gasteiger partial charge in [-0.3, -0.25) is 4.79 Å². The fourth-order valence-electron chi connectivity index (χ4n) is 3.84. The average molecular weight is 397 g/mol. The molecule has 0 fully saturated rings. The highest BCUT2D eigenvalue weighted by atomic mass is 35.5. The number of fused-ring (bicyclic) bond motifs is 2. The summed E-state index contributed by atoms with van der Waals surface area (Å²) >= 11 is 6.55. The minimum atomic E-state index is -1.22. The Morgan fingerprint density at radius 1 is 1.18 bits per heavy atom. The third-order valence-electron chi connectivity index (χ3n) is 5.12. The van der Waals surface area contributed by atoms with Crippen LogP contribution in [0, 0.1) is 5.92 Å². The number of halogens is 1. The van der Waals surface area contributed by atoms with Gasteiger partial charge in [0.05, 0.1) is 16.2 Å². The summed E-state index contributed by atoms with van der Waals surface area (Å²) in [5.74, 6) is -0.929. The van der Waals surface area contributed by atoms with Gasteiger partial charge in [0.15, 0.2) is 0 Å². The molecule has 1 aromatic heterocycles. The maximum absolute atomic E-state index is 12.7. The maximum atomic E-state index is 12.7. The van der Waals surface area contributed by atoms with Crippen molar-refractivity contribution >= 4 is 34.2 Å². The van der Waals surface area contributed by atoms with Crippen molar-refractivity contribution in [3.8, 4) is 0 Å². The van der Waals surface area contributed by atoms with E-state index in [0.717, 1.165) is 18.8 Å². The second-order valence-electron chi connectivity index (χ2n) is 7.67. The van der Waals surface area contributed by atoms with Crippen LogP contribution in [0.4, 0.5) is 5.69 Å². The van der Waals surface area contributed by atoms with Gasteiger partial charge in [0.2, 0.25) is 5.43 Å². The van der Waals surface area contributed by atoms with Gasteiger partial charge >= 0.3 is 5.97 Å². The Hall–Kier alpha value is -2.79. The zero-order valence-electron chi connectivity index (χ0n) is 15.8. The molecule has 0 aliphatic carbocycles. The minimum absolute atomic E-state index is 0.231. The number of nitrogens with zero attached hydrogens (tertiary/aromatic N) is 2. The summed E-state index contributed by atoms with van der Waals surface area (Å²) in [6, 6.07) is 11.8. The first kappa shape index (κ1) is 18.6. The van der Waals surface area contributed by atoms with Crippen LogP contribution in [0.15, 0.2) is 47.4 Å². The van der Waals surface area contributed by atoms with E-state index in [9.17, 15) is 14.7 Å². The summed E-state index contributed by atoms with van der Waals surface area (Å²) < 4.78 is 1.86. The van der Waals surface area contributed by atoms with Crippen molar-refractivity contribution < 1.29 is 9.90 Å². The molecule has 1 aliphatic rings. The fourth-order valence-corrected chi connectivity index (χ4v) is 4.13. The molecule has 2 aromatic carbocycles. The first-order valence-electron chi connectivity index (χ1n) is 9.27. The average Bonchev–Trinajstić information content (AvgIpc) is 3.07. The zero-order valence-corrected chi connectivity index (χ0v) is 16.5. The molecule has 0 saturated carbocycles. The second-order valence-corrected chi connectivity index (χ2v) is 8.08. The first-order chi connectivity index (χ1) is 13.3. The molecule has 0 spiro atoms. The van der Waals surface area contributed by atoms with E-state index < -0.39 is 11.4 Å². The molecule has 0 unspecified atom stereocenters.